The van der Waals surface area contributed by atoms with Crippen LogP contribution in [-0.4, -0.2) is 42.9 Å². The molecule has 0 radical (unpaired) electrons. The fourth-order valence-corrected chi connectivity index (χ4v) is 3.07. The van der Waals surface area contributed by atoms with Crippen molar-refractivity contribution in [1.82, 2.24) is 10.2 Å². The van der Waals surface area contributed by atoms with E-state index in [9.17, 15) is 9.59 Å². The van der Waals surface area contributed by atoms with Crippen LogP contribution >= 0.6 is 0 Å². The smallest absolute Gasteiger partial charge is 0.251 e. The topological polar surface area (TPSA) is 61.4 Å². The lowest BCUT2D eigenvalue weighted by Gasteiger charge is -2.47. The number of nitrogens with zero attached hydrogens (tertiary/aromatic N) is 1. The summed E-state index contributed by atoms with van der Waals surface area (Å²) < 4.78 is 0. The van der Waals surface area contributed by atoms with Gasteiger partial charge in [0.2, 0.25) is 5.91 Å². The van der Waals surface area contributed by atoms with Crippen molar-refractivity contribution < 1.29 is 9.59 Å². The SMILES string of the molecule is CN(C)C1(CNC(=O)c2ccc3c(c2)NC(=O)C3)CCC1. The van der Waals surface area contributed by atoms with Gasteiger partial charge in [-0.3, -0.25) is 9.59 Å². The standard InChI is InChI=1S/C16H21N3O2/c1-19(2)16(6-3-7-16)10-17-15(21)12-5-4-11-9-14(20)18-13(11)8-12/h4-5,8H,3,6-7,9-10H2,1-2H3,(H,17,21)(H,18,20). The molecular weight excluding hydrogens is 266 g/mol. The van der Waals surface area contributed by atoms with Gasteiger partial charge in [-0.1, -0.05) is 6.07 Å². The molecule has 3 rings (SSSR count). The molecular formula is C16H21N3O2. The van der Waals surface area contributed by atoms with Crippen LogP contribution in [0.25, 0.3) is 0 Å². The van der Waals surface area contributed by atoms with Gasteiger partial charge >= 0.3 is 0 Å². The van der Waals surface area contributed by atoms with Crippen molar-refractivity contribution in [3.8, 4) is 0 Å². The normalized spacial score (nSPS) is 18.9. The van der Waals surface area contributed by atoms with E-state index in [1.165, 1.54) is 6.42 Å². The number of anilines is 1. The second kappa shape index (κ2) is 5.15. The summed E-state index contributed by atoms with van der Waals surface area (Å²) in [5.41, 5.74) is 2.43. The highest BCUT2D eigenvalue weighted by atomic mass is 16.2. The zero-order valence-electron chi connectivity index (χ0n) is 12.5. The van der Waals surface area contributed by atoms with Crippen molar-refractivity contribution in [2.24, 2.45) is 0 Å². The molecule has 0 aromatic heterocycles. The lowest BCUT2D eigenvalue weighted by molar-refractivity contribution is -0.115. The number of carbonyl (C=O) groups excluding carboxylic acids is 2. The van der Waals surface area contributed by atoms with Crippen molar-refractivity contribution in [3.05, 3.63) is 29.3 Å². The Kier molecular flexibility index (Phi) is 3.45. The molecule has 1 saturated carbocycles. The van der Waals surface area contributed by atoms with E-state index in [1.807, 2.05) is 6.07 Å². The summed E-state index contributed by atoms with van der Waals surface area (Å²) in [4.78, 5) is 25.8. The Morgan fingerprint density at radius 3 is 2.76 bits per heavy atom. The molecule has 1 heterocycles. The first-order chi connectivity index (χ1) is 10.00. The summed E-state index contributed by atoms with van der Waals surface area (Å²) in [5, 5.41) is 5.81. The van der Waals surface area contributed by atoms with E-state index in [2.05, 4.69) is 29.6 Å². The number of likely N-dealkylation sites (N-methyl/N-ethyl adjacent to an activating group) is 1. The number of amides is 2. The van der Waals surface area contributed by atoms with Gasteiger partial charge < -0.3 is 15.5 Å². The fourth-order valence-electron chi connectivity index (χ4n) is 3.07. The summed E-state index contributed by atoms with van der Waals surface area (Å²) in [6.07, 6.45) is 3.88. The predicted octanol–water partition coefficient (Wildman–Crippen LogP) is 1.40. The maximum absolute atomic E-state index is 12.3. The summed E-state index contributed by atoms with van der Waals surface area (Å²) >= 11 is 0. The monoisotopic (exact) mass is 287 g/mol. The summed E-state index contributed by atoms with van der Waals surface area (Å²) in [6.45, 7) is 0.669. The zero-order chi connectivity index (χ0) is 15.0. The number of carbonyl (C=O) groups is 2. The molecule has 5 heteroatoms. The largest absolute Gasteiger partial charge is 0.350 e. The number of nitrogens with one attached hydrogen (secondary N) is 2. The minimum absolute atomic E-state index is 0.0106. The first-order valence-electron chi connectivity index (χ1n) is 7.39. The molecule has 0 bridgehead atoms. The van der Waals surface area contributed by atoms with Gasteiger partial charge in [0.1, 0.15) is 0 Å². The van der Waals surface area contributed by atoms with Crippen LogP contribution in [0.15, 0.2) is 18.2 Å². The third-order valence-electron chi connectivity index (χ3n) is 4.81. The van der Waals surface area contributed by atoms with E-state index in [4.69, 9.17) is 0 Å². The number of hydrogen-bond donors (Lipinski definition) is 2. The van der Waals surface area contributed by atoms with Crippen LogP contribution in [0.2, 0.25) is 0 Å². The highest BCUT2D eigenvalue weighted by Gasteiger charge is 2.39. The van der Waals surface area contributed by atoms with Crippen LogP contribution in [0.3, 0.4) is 0 Å². The third-order valence-corrected chi connectivity index (χ3v) is 4.81. The zero-order valence-corrected chi connectivity index (χ0v) is 12.5. The molecule has 112 valence electrons. The minimum Gasteiger partial charge on any atom is -0.350 e. The quantitative estimate of drug-likeness (QED) is 0.880. The van der Waals surface area contributed by atoms with Crippen LogP contribution in [0.5, 0.6) is 0 Å². The number of fused-ring (bicyclic) bond motifs is 1. The Morgan fingerprint density at radius 1 is 1.38 bits per heavy atom. The number of hydrogen-bond acceptors (Lipinski definition) is 3. The average molecular weight is 287 g/mol. The van der Waals surface area contributed by atoms with Crippen molar-refractivity contribution >= 4 is 17.5 Å². The number of benzene rings is 1. The van der Waals surface area contributed by atoms with Gasteiger partial charge in [-0.25, -0.2) is 0 Å². The Morgan fingerprint density at radius 2 is 2.14 bits per heavy atom. The molecule has 21 heavy (non-hydrogen) atoms. The third kappa shape index (κ3) is 2.53. The van der Waals surface area contributed by atoms with Gasteiger partial charge in [0.05, 0.1) is 6.42 Å². The van der Waals surface area contributed by atoms with Gasteiger partial charge in [0.15, 0.2) is 0 Å². The fraction of sp³-hybridized carbons (Fsp3) is 0.500. The van der Waals surface area contributed by atoms with Crippen molar-refractivity contribution in [1.29, 1.82) is 0 Å². The van der Waals surface area contributed by atoms with Crippen LogP contribution in [0.4, 0.5) is 5.69 Å². The molecule has 2 N–H and O–H groups in total. The Bertz CT molecular complexity index is 591. The molecule has 0 saturated heterocycles. The second-order valence-corrected chi connectivity index (χ2v) is 6.25. The van der Waals surface area contributed by atoms with Gasteiger partial charge in [0, 0.05) is 23.3 Å². The lowest BCUT2D eigenvalue weighted by Crippen LogP contribution is -2.57. The first-order valence-corrected chi connectivity index (χ1v) is 7.39. The maximum atomic E-state index is 12.3. The van der Waals surface area contributed by atoms with Gasteiger partial charge in [-0.15, -0.1) is 0 Å². The molecule has 1 fully saturated rings. The highest BCUT2D eigenvalue weighted by Crippen LogP contribution is 2.35. The predicted molar refractivity (Wildman–Crippen MR) is 81.4 cm³/mol. The molecule has 1 aromatic rings. The average Bonchev–Trinajstić information content (AvgIpc) is 2.75. The van der Waals surface area contributed by atoms with Gasteiger partial charge in [-0.2, -0.15) is 0 Å². The Hall–Kier alpha value is -1.88. The molecule has 1 aliphatic carbocycles. The molecule has 5 nitrogen and oxygen atoms in total. The molecule has 2 aliphatic rings. The van der Waals surface area contributed by atoms with E-state index in [0.717, 1.165) is 24.1 Å². The number of rotatable bonds is 4. The molecule has 1 aliphatic heterocycles. The molecule has 2 amide bonds. The summed E-state index contributed by atoms with van der Waals surface area (Å²) in [7, 11) is 4.13. The van der Waals surface area contributed by atoms with Crippen molar-refractivity contribution in [2.45, 2.75) is 31.2 Å². The van der Waals surface area contributed by atoms with E-state index in [-0.39, 0.29) is 17.4 Å². The molecule has 0 spiro atoms. The second-order valence-electron chi connectivity index (χ2n) is 6.25. The van der Waals surface area contributed by atoms with Crippen LogP contribution in [0.1, 0.15) is 35.2 Å². The van der Waals surface area contributed by atoms with E-state index >= 15 is 0 Å². The van der Waals surface area contributed by atoms with Crippen molar-refractivity contribution in [2.75, 3.05) is 26.0 Å². The van der Waals surface area contributed by atoms with Crippen LogP contribution in [-0.2, 0) is 11.2 Å². The van der Waals surface area contributed by atoms with Crippen LogP contribution < -0.4 is 10.6 Å². The van der Waals surface area contributed by atoms with E-state index < -0.39 is 0 Å². The molecule has 0 unspecified atom stereocenters. The van der Waals surface area contributed by atoms with Crippen molar-refractivity contribution in [3.63, 3.8) is 0 Å². The maximum Gasteiger partial charge on any atom is 0.251 e. The van der Waals surface area contributed by atoms with Crippen LogP contribution in [0, 0.1) is 0 Å². The van der Waals surface area contributed by atoms with E-state index in [1.54, 1.807) is 12.1 Å². The summed E-state index contributed by atoms with van der Waals surface area (Å²) in [5.74, 6) is -0.0874. The highest BCUT2D eigenvalue weighted by molar-refractivity contribution is 6.02. The first kappa shape index (κ1) is 14.1. The Labute approximate surface area is 124 Å². The summed E-state index contributed by atoms with van der Waals surface area (Å²) in [6, 6.07) is 5.41. The molecule has 1 aromatic carbocycles. The van der Waals surface area contributed by atoms with E-state index in [0.29, 0.717) is 18.5 Å². The minimum atomic E-state index is -0.0768. The molecule has 0 atom stereocenters. The van der Waals surface area contributed by atoms with Gasteiger partial charge in [0.25, 0.3) is 5.91 Å². The Balaban J connectivity index is 1.66. The van der Waals surface area contributed by atoms with Gasteiger partial charge in [-0.05, 0) is 51.1 Å². The lowest BCUT2D eigenvalue weighted by atomic mass is 9.75.